The van der Waals surface area contributed by atoms with E-state index < -0.39 is 11.7 Å². The number of alkyl halides is 3. The first-order valence-corrected chi connectivity index (χ1v) is 8.70. The molecule has 0 aliphatic carbocycles. The lowest BCUT2D eigenvalue weighted by Gasteiger charge is -2.16. The zero-order valence-electron chi connectivity index (χ0n) is 13.6. The minimum Gasteiger partial charge on any atom is -0.339 e. The number of aromatic nitrogens is 2. The first-order valence-electron chi connectivity index (χ1n) is 7.62. The highest BCUT2D eigenvalue weighted by atomic mass is 127. The molecular formula is C18H14F3IN4. The summed E-state index contributed by atoms with van der Waals surface area (Å²) in [4.78, 5) is 7.84. The Kier molecular flexibility index (Phi) is 5.30. The quantitative estimate of drug-likeness (QED) is 0.467. The summed E-state index contributed by atoms with van der Waals surface area (Å²) in [5.74, 6) is -0.217. The van der Waals surface area contributed by atoms with Gasteiger partial charge in [-0.15, -0.1) is 0 Å². The number of hydrogen-bond acceptors (Lipinski definition) is 4. The van der Waals surface area contributed by atoms with Crippen molar-refractivity contribution >= 4 is 45.7 Å². The van der Waals surface area contributed by atoms with Gasteiger partial charge in [0.15, 0.2) is 0 Å². The van der Waals surface area contributed by atoms with E-state index in [-0.39, 0.29) is 11.8 Å². The Bertz CT molecular complexity index is 911. The minimum atomic E-state index is -4.56. The van der Waals surface area contributed by atoms with Gasteiger partial charge in [0.25, 0.3) is 0 Å². The molecule has 0 bridgehead atoms. The first-order chi connectivity index (χ1) is 12.3. The number of rotatable bonds is 4. The van der Waals surface area contributed by atoms with Gasteiger partial charge in [-0.2, -0.15) is 18.2 Å². The molecule has 0 aliphatic heterocycles. The number of para-hydroxylation sites is 1. The highest BCUT2D eigenvalue weighted by Crippen LogP contribution is 2.35. The lowest BCUT2D eigenvalue weighted by Crippen LogP contribution is -2.13. The van der Waals surface area contributed by atoms with Gasteiger partial charge in [-0.25, -0.2) is 4.98 Å². The van der Waals surface area contributed by atoms with Crippen LogP contribution in [-0.2, 0) is 6.18 Å². The molecule has 0 saturated heterocycles. The maximum absolute atomic E-state index is 13.3. The molecule has 8 heteroatoms. The fraction of sp³-hybridized carbons (Fsp3) is 0.111. The first kappa shape index (κ1) is 18.4. The van der Waals surface area contributed by atoms with Crippen LogP contribution in [0.2, 0.25) is 0 Å². The normalized spacial score (nSPS) is 11.3. The molecule has 0 atom stereocenters. The third-order valence-corrected chi connectivity index (χ3v) is 4.31. The average Bonchev–Trinajstić information content (AvgIpc) is 2.58. The molecule has 26 heavy (non-hydrogen) atoms. The van der Waals surface area contributed by atoms with Gasteiger partial charge in [0.2, 0.25) is 5.95 Å². The summed E-state index contributed by atoms with van der Waals surface area (Å²) < 4.78 is 41.0. The molecule has 2 N–H and O–H groups in total. The number of halogens is 4. The maximum atomic E-state index is 13.3. The second-order valence-electron chi connectivity index (χ2n) is 5.53. The number of hydrogen-bond donors (Lipinski definition) is 2. The number of anilines is 4. The van der Waals surface area contributed by atoms with Crippen LogP contribution in [0.1, 0.15) is 11.1 Å². The van der Waals surface area contributed by atoms with Crippen LogP contribution >= 0.6 is 22.6 Å². The van der Waals surface area contributed by atoms with E-state index in [2.05, 4.69) is 43.2 Å². The third-order valence-electron chi connectivity index (χ3n) is 3.59. The van der Waals surface area contributed by atoms with E-state index in [1.54, 1.807) is 24.3 Å². The van der Waals surface area contributed by atoms with Crippen LogP contribution in [0.25, 0.3) is 0 Å². The van der Waals surface area contributed by atoms with Crippen LogP contribution in [-0.4, -0.2) is 9.97 Å². The molecular weight excluding hydrogens is 456 g/mol. The Balaban J connectivity index is 1.96. The van der Waals surface area contributed by atoms with Gasteiger partial charge >= 0.3 is 6.18 Å². The van der Waals surface area contributed by atoms with Crippen molar-refractivity contribution in [1.82, 2.24) is 9.97 Å². The van der Waals surface area contributed by atoms with E-state index >= 15 is 0 Å². The molecule has 4 nitrogen and oxygen atoms in total. The Morgan fingerprint density at radius 1 is 0.962 bits per heavy atom. The van der Waals surface area contributed by atoms with Crippen LogP contribution in [0, 0.1) is 10.5 Å². The van der Waals surface area contributed by atoms with Crippen LogP contribution in [0.15, 0.2) is 54.7 Å². The van der Waals surface area contributed by atoms with Gasteiger partial charge in [0, 0.05) is 21.1 Å². The zero-order valence-corrected chi connectivity index (χ0v) is 15.8. The van der Waals surface area contributed by atoms with E-state index in [9.17, 15) is 13.2 Å². The summed E-state index contributed by atoms with van der Waals surface area (Å²) in [7, 11) is 0. The van der Waals surface area contributed by atoms with Crippen LogP contribution in [0.4, 0.5) is 36.3 Å². The van der Waals surface area contributed by atoms with Crippen molar-refractivity contribution in [2.24, 2.45) is 0 Å². The van der Waals surface area contributed by atoms with E-state index in [1.165, 1.54) is 0 Å². The van der Waals surface area contributed by atoms with Crippen LogP contribution < -0.4 is 10.6 Å². The summed E-state index contributed by atoms with van der Waals surface area (Å²) >= 11 is 2.17. The van der Waals surface area contributed by atoms with Crippen molar-refractivity contribution < 1.29 is 13.2 Å². The predicted octanol–water partition coefficient (Wildman–Crippen LogP) is 5.90. The fourth-order valence-electron chi connectivity index (χ4n) is 2.25. The summed E-state index contributed by atoms with van der Waals surface area (Å²) in [6.07, 6.45) is -3.78. The largest absolute Gasteiger partial charge is 0.421 e. The lowest BCUT2D eigenvalue weighted by atomic mass is 10.2. The van der Waals surface area contributed by atoms with E-state index in [4.69, 9.17) is 0 Å². The zero-order chi connectivity index (χ0) is 18.7. The lowest BCUT2D eigenvalue weighted by molar-refractivity contribution is -0.137. The van der Waals surface area contributed by atoms with Gasteiger partial charge in [-0.1, -0.05) is 18.2 Å². The molecule has 0 aliphatic rings. The van der Waals surface area contributed by atoms with Crippen LogP contribution in [0.5, 0.6) is 0 Å². The molecule has 3 rings (SSSR count). The second kappa shape index (κ2) is 7.48. The molecule has 0 saturated carbocycles. The van der Waals surface area contributed by atoms with E-state index in [0.29, 0.717) is 11.4 Å². The van der Waals surface area contributed by atoms with E-state index in [1.807, 2.05) is 31.2 Å². The average molecular weight is 470 g/mol. The van der Waals surface area contributed by atoms with Crippen LogP contribution in [0.3, 0.4) is 0 Å². The van der Waals surface area contributed by atoms with Gasteiger partial charge in [-0.3, -0.25) is 0 Å². The molecule has 134 valence electrons. The van der Waals surface area contributed by atoms with Crippen molar-refractivity contribution in [3.05, 3.63) is 69.4 Å². The fourth-order valence-corrected chi connectivity index (χ4v) is 2.61. The topological polar surface area (TPSA) is 49.8 Å². The Hall–Kier alpha value is -2.36. The minimum absolute atomic E-state index is 0.0790. The van der Waals surface area contributed by atoms with Crippen molar-refractivity contribution in [1.29, 1.82) is 0 Å². The summed E-state index contributed by atoms with van der Waals surface area (Å²) in [5, 5.41) is 5.69. The molecule has 1 heterocycles. The Morgan fingerprint density at radius 2 is 1.65 bits per heavy atom. The van der Waals surface area contributed by atoms with Gasteiger partial charge in [0.05, 0.1) is 0 Å². The number of nitrogens with one attached hydrogen (secondary N) is 2. The summed E-state index contributed by atoms with van der Waals surface area (Å²) in [5.41, 5.74) is 1.13. The van der Waals surface area contributed by atoms with Crippen molar-refractivity contribution in [3.63, 3.8) is 0 Å². The Labute approximate surface area is 162 Å². The van der Waals surface area contributed by atoms with Gasteiger partial charge in [-0.05, 0) is 65.4 Å². The SMILES string of the molecule is Cc1ccccc1Nc1nc(Nc2ccc(I)cc2)ncc1C(F)(F)F. The van der Waals surface area contributed by atoms with E-state index in [0.717, 1.165) is 15.3 Å². The second-order valence-corrected chi connectivity index (χ2v) is 6.77. The highest BCUT2D eigenvalue weighted by Gasteiger charge is 2.35. The maximum Gasteiger partial charge on any atom is 0.421 e. The van der Waals surface area contributed by atoms with Crippen molar-refractivity contribution in [2.75, 3.05) is 10.6 Å². The standard InChI is InChI=1S/C18H14F3IN4/c1-11-4-2-3-5-15(11)25-16-14(18(19,20)21)10-23-17(26-16)24-13-8-6-12(22)7-9-13/h2-10H,1H3,(H2,23,24,25,26). The number of aryl methyl sites for hydroxylation is 1. The number of nitrogens with zero attached hydrogens (tertiary/aromatic N) is 2. The smallest absolute Gasteiger partial charge is 0.339 e. The monoisotopic (exact) mass is 470 g/mol. The molecule has 0 amide bonds. The molecule has 2 aromatic carbocycles. The summed E-state index contributed by atoms with van der Waals surface area (Å²) in [6.45, 7) is 1.81. The number of benzene rings is 2. The molecule has 0 unspecified atom stereocenters. The molecule has 1 aromatic heterocycles. The Morgan fingerprint density at radius 3 is 2.31 bits per heavy atom. The molecule has 3 aromatic rings. The summed E-state index contributed by atoms with van der Waals surface area (Å²) in [6, 6.07) is 14.4. The van der Waals surface area contributed by atoms with Crippen molar-refractivity contribution in [3.8, 4) is 0 Å². The van der Waals surface area contributed by atoms with Gasteiger partial charge < -0.3 is 10.6 Å². The predicted molar refractivity (Wildman–Crippen MR) is 104 cm³/mol. The third kappa shape index (κ3) is 4.43. The molecule has 0 fully saturated rings. The highest BCUT2D eigenvalue weighted by molar-refractivity contribution is 14.1. The van der Waals surface area contributed by atoms with Gasteiger partial charge in [0.1, 0.15) is 11.4 Å². The molecule has 0 spiro atoms. The molecule has 0 radical (unpaired) electrons. The van der Waals surface area contributed by atoms with Crippen molar-refractivity contribution in [2.45, 2.75) is 13.1 Å².